The van der Waals surface area contributed by atoms with Crippen LogP contribution in [-0.4, -0.2) is 25.5 Å². The van der Waals surface area contributed by atoms with Crippen molar-refractivity contribution in [3.05, 3.63) is 62.5 Å². The molecule has 3 rings (SSSR count). The predicted octanol–water partition coefficient (Wildman–Crippen LogP) is 3.28. The highest BCUT2D eigenvalue weighted by Gasteiger charge is 2.19. The summed E-state index contributed by atoms with van der Waals surface area (Å²) in [6.07, 6.45) is 1.77. The summed E-state index contributed by atoms with van der Waals surface area (Å²) in [7, 11) is 1.77. The normalized spacial score (nSPS) is 10.9. The minimum Gasteiger partial charge on any atom is -0.317 e. The average Bonchev–Trinajstić information content (AvgIpc) is 3.03. The van der Waals surface area contributed by atoms with Gasteiger partial charge in [0.25, 0.3) is 5.91 Å². The third kappa shape index (κ3) is 3.58. The Balaban J connectivity index is 1.86. The van der Waals surface area contributed by atoms with Crippen molar-refractivity contribution in [2.75, 3.05) is 5.32 Å². The van der Waals surface area contributed by atoms with E-state index in [9.17, 15) is 9.18 Å². The van der Waals surface area contributed by atoms with Crippen molar-refractivity contribution in [3.8, 4) is 0 Å². The highest BCUT2D eigenvalue weighted by atomic mass is 127. The van der Waals surface area contributed by atoms with Gasteiger partial charge in [0.2, 0.25) is 0 Å². The molecule has 0 atom stereocenters. The fourth-order valence-corrected chi connectivity index (χ4v) is 3.36. The lowest BCUT2D eigenvalue weighted by Crippen LogP contribution is -2.15. The molecule has 2 heterocycles. The van der Waals surface area contributed by atoms with Crippen molar-refractivity contribution in [2.45, 2.75) is 20.4 Å². The molecule has 1 amide bonds. The number of nitrogens with zero attached hydrogens (tertiary/aromatic N) is 4. The standard InChI is InChI=1S/C17H17FIN5O/c1-10-15(20-17(25)16-14(19)9-23(3)22-16)11(2)24(21-10)8-12-6-4-5-7-13(12)18/h4-7,9H,8H2,1-3H3,(H,20,25). The molecule has 25 heavy (non-hydrogen) atoms. The largest absolute Gasteiger partial charge is 0.317 e. The molecule has 0 saturated heterocycles. The lowest BCUT2D eigenvalue weighted by molar-refractivity contribution is 0.102. The van der Waals surface area contributed by atoms with Gasteiger partial charge in [-0.05, 0) is 42.5 Å². The summed E-state index contributed by atoms with van der Waals surface area (Å²) in [5.74, 6) is -0.565. The fourth-order valence-electron chi connectivity index (χ4n) is 2.61. The molecule has 0 bridgehead atoms. The summed E-state index contributed by atoms with van der Waals surface area (Å²) in [6, 6.07) is 6.59. The van der Waals surface area contributed by atoms with Crippen LogP contribution in [0.4, 0.5) is 10.1 Å². The van der Waals surface area contributed by atoms with E-state index in [1.165, 1.54) is 6.07 Å². The maximum Gasteiger partial charge on any atom is 0.277 e. The molecule has 130 valence electrons. The zero-order chi connectivity index (χ0) is 18.1. The molecule has 2 aromatic heterocycles. The molecular formula is C17H17FIN5O. The number of nitrogens with one attached hydrogen (secondary N) is 1. The Labute approximate surface area is 158 Å². The van der Waals surface area contributed by atoms with E-state index in [0.29, 0.717) is 29.2 Å². The van der Waals surface area contributed by atoms with Crippen molar-refractivity contribution < 1.29 is 9.18 Å². The molecule has 1 N–H and O–H groups in total. The number of carbonyl (C=O) groups excluding carboxylic acids is 1. The quantitative estimate of drug-likeness (QED) is 0.617. The molecule has 0 spiro atoms. The Bertz CT molecular complexity index is 947. The smallest absolute Gasteiger partial charge is 0.277 e. The van der Waals surface area contributed by atoms with Crippen LogP contribution >= 0.6 is 22.6 Å². The molecule has 0 fully saturated rings. The van der Waals surface area contributed by atoms with Crippen LogP contribution in [-0.2, 0) is 13.6 Å². The lowest BCUT2D eigenvalue weighted by Gasteiger charge is -2.07. The van der Waals surface area contributed by atoms with Gasteiger partial charge in [-0.15, -0.1) is 0 Å². The number of amides is 1. The molecule has 3 aromatic rings. The van der Waals surface area contributed by atoms with Gasteiger partial charge in [0.05, 0.1) is 27.2 Å². The number of rotatable bonds is 4. The van der Waals surface area contributed by atoms with E-state index < -0.39 is 0 Å². The maximum absolute atomic E-state index is 13.9. The van der Waals surface area contributed by atoms with Crippen LogP contribution in [0.3, 0.4) is 0 Å². The first kappa shape index (κ1) is 17.6. The molecule has 0 aliphatic rings. The molecule has 6 nitrogen and oxygen atoms in total. The van der Waals surface area contributed by atoms with Gasteiger partial charge in [0.15, 0.2) is 5.69 Å². The molecule has 0 saturated carbocycles. The van der Waals surface area contributed by atoms with Gasteiger partial charge in [0, 0.05) is 18.8 Å². The molecule has 0 unspecified atom stereocenters. The van der Waals surface area contributed by atoms with E-state index in [0.717, 1.165) is 9.26 Å². The van der Waals surface area contributed by atoms with Crippen LogP contribution in [0.1, 0.15) is 27.4 Å². The summed E-state index contributed by atoms with van der Waals surface area (Å²) < 4.78 is 17.9. The number of carbonyl (C=O) groups is 1. The minimum absolute atomic E-state index is 0.274. The van der Waals surface area contributed by atoms with Crippen LogP contribution in [0.25, 0.3) is 0 Å². The number of aryl methyl sites for hydroxylation is 2. The first-order valence-electron chi connectivity index (χ1n) is 7.64. The average molecular weight is 453 g/mol. The van der Waals surface area contributed by atoms with Gasteiger partial charge in [-0.3, -0.25) is 14.2 Å². The zero-order valence-corrected chi connectivity index (χ0v) is 16.2. The Kier molecular flexibility index (Phi) is 4.89. The van der Waals surface area contributed by atoms with E-state index in [1.54, 1.807) is 40.8 Å². The van der Waals surface area contributed by atoms with E-state index in [2.05, 4.69) is 38.1 Å². The Morgan fingerprint density at radius 2 is 2.00 bits per heavy atom. The van der Waals surface area contributed by atoms with Crippen LogP contribution in [0, 0.1) is 23.2 Å². The van der Waals surface area contributed by atoms with Gasteiger partial charge in [-0.2, -0.15) is 10.2 Å². The van der Waals surface area contributed by atoms with Crippen molar-refractivity contribution in [2.24, 2.45) is 7.05 Å². The van der Waals surface area contributed by atoms with Gasteiger partial charge in [0.1, 0.15) is 5.82 Å². The van der Waals surface area contributed by atoms with E-state index in [4.69, 9.17) is 0 Å². The van der Waals surface area contributed by atoms with Crippen molar-refractivity contribution in [1.29, 1.82) is 0 Å². The molecule has 8 heteroatoms. The summed E-state index contributed by atoms with van der Waals surface area (Å²) in [5.41, 5.74) is 2.98. The summed E-state index contributed by atoms with van der Waals surface area (Å²) in [6.45, 7) is 3.96. The number of aromatic nitrogens is 4. The number of halogens is 2. The van der Waals surface area contributed by atoms with E-state index in [-0.39, 0.29) is 11.7 Å². The summed E-state index contributed by atoms with van der Waals surface area (Å²) >= 11 is 2.07. The van der Waals surface area contributed by atoms with E-state index >= 15 is 0 Å². The zero-order valence-electron chi connectivity index (χ0n) is 14.0. The highest BCUT2D eigenvalue weighted by molar-refractivity contribution is 14.1. The van der Waals surface area contributed by atoms with Crippen molar-refractivity contribution in [1.82, 2.24) is 19.6 Å². The molecule has 0 aliphatic carbocycles. The summed E-state index contributed by atoms with van der Waals surface area (Å²) in [5, 5.41) is 11.5. The van der Waals surface area contributed by atoms with Crippen molar-refractivity contribution >= 4 is 34.2 Å². The van der Waals surface area contributed by atoms with Gasteiger partial charge in [-0.1, -0.05) is 18.2 Å². The third-order valence-corrected chi connectivity index (χ3v) is 4.69. The Morgan fingerprint density at radius 3 is 2.64 bits per heavy atom. The SMILES string of the molecule is Cc1nn(Cc2ccccc2F)c(C)c1NC(=O)c1nn(C)cc1I. The number of benzene rings is 1. The monoisotopic (exact) mass is 453 g/mol. The topological polar surface area (TPSA) is 64.7 Å². The maximum atomic E-state index is 13.9. The van der Waals surface area contributed by atoms with Crippen molar-refractivity contribution in [3.63, 3.8) is 0 Å². The number of hydrogen-bond acceptors (Lipinski definition) is 3. The van der Waals surface area contributed by atoms with Crippen LogP contribution in [0.2, 0.25) is 0 Å². The van der Waals surface area contributed by atoms with Crippen LogP contribution < -0.4 is 5.32 Å². The molecule has 1 aromatic carbocycles. The minimum atomic E-state index is -0.290. The fraction of sp³-hybridized carbons (Fsp3) is 0.235. The Morgan fingerprint density at radius 1 is 1.28 bits per heavy atom. The van der Waals surface area contributed by atoms with Gasteiger partial charge in [-0.25, -0.2) is 4.39 Å². The second kappa shape index (κ2) is 6.95. The molecule has 0 radical (unpaired) electrons. The molecule has 0 aliphatic heterocycles. The van der Waals surface area contributed by atoms with Crippen LogP contribution in [0.5, 0.6) is 0 Å². The van der Waals surface area contributed by atoms with Gasteiger partial charge >= 0.3 is 0 Å². The third-order valence-electron chi connectivity index (χ3n) is 3.90. The highest BCUT2D eigenvalue weighted by Crippen LogP contribution is 2.22. The number of hydrogen-bond donors (Lipinski definition) is 1. The van der Waals surface area contributed by atoms with E-state index in [1.807, 2.05) is 13.8 Å². The lowest BCUT2D eigenvalue weighted by atomic mass is 10.2. The summed E-state index contributed by atoms with van der Waals surface area (Å²) in [4.78, 5) is 12.5. The second-order valence-corrected chi connectivity index (χ2v) is 6.91. The first-order valence-corrected chi connectivity index (χ1v) is 8.72. The number of anilines is 1. The van der Waals surface area contributed by atoms with Gasteiger partial charge < -0.3 is 5.32 Å². The first-order chi connectivity index (χ1) is 11.9. The molecular weight excluding hydrogens is 436 g/mol. The van der Waals surface area contributed by atoms with Crippen LogP contribution in [0.15, 0.2) is 30.5 Å². The Hall–Kier alpha value is -2.23. The second-order valence-electron chi connectivity index (χ2n) is 5.75. The predicted molar refractivity (Wildman–Crippen MR) is 101 cm³/mol.